The molecule has 1 fully saturated rings. The van der Waals surface area contributed by atoms with Crippen molar-refractivity contribution in [3.8, 4) is 0 Å². The van der Waals surface area contributed by atoms with Gasteiger partial charge in [-0.15, -0.1) is 0 Å². The van der Waals surface area contributed by atoms with Gasteiger partial charge in [-0.2, -0.15) is 0 Å². The average molecular weight is 216 g/mol. The van der Waals surface area contributed by atoms with E-state index < -0.39 is 0 Å². The fraction of sp³-hybridized carbons (Fsp3) is 1.00. The quantitative estimate of drug-likeness (QED) is 0.694. The highest BCUT2D eigenvalue weighted by atomic mass is 16.5. The SMILES string of the molecule is CCN1CCOC(CNC(C)COC)C1. The topological polar surface area (TPSA) is 33.7 Å². The predicted molar refractivity (Wildman–Crippen MR) is 61.2 cm³/mol. The van der Waals surface area contributed by atoms with Gasteiger partial charge in [0, 0.05) is 32.8 Å². The Labute approximate surface area is 92.9 Å². The van der Waals surface area contributed by atoms with Crippen LogP contribution in [-0.2, 0) is 9.47 Å². The number of hydrogen-bond donors (Lipinski definition) is 1. The van der Waals surface area contributed by atoms with Gasteiger partial charge in [-0.1, -0.05) is 6.92 Å². The van der Waals surface area contributed by atoms with Gasteiger partial charge < -0.3 is 14.8 Å². The number of ether oxygens (including phenoxy) is 2. The van der Waals surface area contributed by atoms with E-state index in [1.54, 1.807) is 7.11 Å². The predicted octanol–water partition coefficient (Wildman–Crippen LogP) is 0.332. The van der Waals surface area contributed by atoms with Crippen molar-refractivity contribution in [2.45, 2.75) is 26.0 Å². The summed E-state index contributed by atoms with van der Waals surface area (Å²) in [5.74, 6) is 0. The first-order chi connectivity index (χ1) is 7.26. The Hall–Kier alpha value is -0.160. The summed E-state index contributed by atoms with van der Waals surface area (Å²) in [6.07, 6.45) is 0.331. The first-order valence-electron chi connectivity index (χ1n) is 5.82. The van der Waals surface area contributed by atoms with E-state index in [0.29, 0.717) is 12.1 Å². The number of nitrogens with one attached hydrogen (secondary N) is 1. The summed E-state index contributed by atoms with van der Waals surface area (Å²) in [6.45, 7) is 10.1. The van der Waals surface area contributed by atoms with Crippen LogP contribution in [0, 0.1) is 0 Å². The molecule has 1 aliphatic rings. The molecule has 4 nitrogen and oxygen atoms in total. The van der Waals surface area contributed by atoms with Gasteiger partial charge in [0.15, 0.2) is 0 Å². The van der Waals surface area contributed by atoms with Crippen molar-refractivity contribution in [3.63, 3.8) is 0 Å². The molecule has 1 aliphatic heterocycles. The highest BCUT2D eigenvalue weighted by molar-refractivity contribution is 4.74. The summed E-state index contributed by atoms with van der Waals surface area (Å²) in [5.41, 5.74) is 0. The number of likely N-dealkylation sites (N-methyl/N-ethyl adjacent to an activating group) is 1. The van der Waals surface area contributed by atoms with Gasteiger partial charge in [-0.05, 0) is 13.5 Å². The maximum Gasteiger partial charge on any atom is 0.0826 e. The third-order valence-corrected chi connectivity index (χ3v) is 2.78. The summed E-state index contributed by atoms with van der Waals surface area (Å²) in [4.78, 5) is 2.43. The summed E-state index contributed by atoms with van der Waals surface area (Å²) in [6, 6.07) is 0.399. The van der Waals surface area contributed by atoms with Crippen molar-refractivity contribution in [1.82, 2.24) is 10.2 Å². The number of hydrogen-bond acceptors (Lipinski definition) is 4. The lowest BCUT2D eigenvalue weighted by Crippen LogP contribution is -2.48. The third-order valence-electron chi connectivity index (χ3n) is 2.78. The van der Waals surface area contributed by atoms with Crippen molar-refractivity contribution in [1.29, 1.82) is 0 Å². The zero-order valence-electron chi connectivity index (χ0n) is 10.2. The van der Waals surface area contributed by atoms with Crippen molar-refractivity contribution >= 4 is 0 Å². The van der Waals surface area contributed by atoms with Crippen LogP contribution < -0.4 is 5.32 Å². The van der Waals surface area contributed by atoms with Crippen molar-refractivity contribution in [2.75, 3.05) is 46.5 Å². The first-order valence-corrected chi connectivity index (χ1v) is 5.82. The van der Waals surface area contributed by atoms with E-state index in [0.717, 1.165) is 39.4 Å². The summed E-state index contributed by atoms with van der Waals surface area (Å²) in [7, 11) is 1.73. The molecule has 0 aromatic heterocycles. The van der Waals surface area contributed by atoms with Crippen LogP contribution in [0.4, 0.5) is 0 Å². The molecule has 1 saturated heterocycles. The molecule has 0 aliphatic carbocycles. The molecule has 90 valence electrons. The van der Waals surface area contributed by atoms with Crippen LogP contribution in [0.3, 0.4) is 0 Å². The van der Waals surface area contributed by atoms with E-state index in [9.17, 15) is 0 Å². The van der Waals surface area contributed by atoms with Gasteiger partial charge in [0.05, 0.1) is 19.3 Å². The second kappa shape index (κ2) is 7.17. The second-order valence-corrected chi connectivity index (χ2v) is 4.15. The highest BCUT2D eigenvalue weighted by Gasteiger charge is 2.19. The molecule has 0 saturated carbocycles. The van der Waals surface area contributed by atoms with E-state index in [1.807, 2.05) is 0 Å². The van der Waals surface area contributed by atoms with E-state index >= 15 is 0 Å². The second-order valence-electron chi connectivity index (χ2n) is 4.15. The number of methoxy groups -OCH3 is 1. The van der Waals surface area contributed by atoms with Crippen LogP contribution in [0.25, 0.3) is 0 Å². The van der Waals surface area contributed by atoms with E-state index in [2.05, 4.69) is 24.1 Å². The van der Waals surface area contributed by atoms with E-state index in [4.69, 9.17) is 9.47 Å². The average Bonchev–Trinajstić information content (AvgIpc) is 2.27. The molecule has 1 N–H and O–H groups in total. The van der Waals surface area contributed by atoms with Gasteiger partial charge in [-0.25, -0.2) is 0 Å². The molecule has 0 amide bonds. The molecule has 0 aromatic rings. The molecule has 2 atom stereocenters. The number of rotatable bonds is 6. The Morgan fingerprint density at radius 1 is 1.60 bits per heavy atom. The lowest BCUT2D eigenvalue weighted by molar-refractivity contribution is -0.0270. The standard InChI is InChI=1S/C11H24N2O2/c1-4-13-5-6-15-11(8-13)7-12-10(2)9-14-3/h10-12H,4-9H2,1-3H3. The van der Waals surface area contributed by atoms with Gasteiger partial charge in [0.25, 0.3) is 0 Å². The molecule has 2 unspecified atom stereocenters. The van der Waals surface area contributed by atoms with Gasteiger partial charge in [0.2, 0.25) is 0 Å². The van der Waals surface area contributed by atoms with Crippen LogP contribution >= 0.6 is 0 Å². The Kier molecular flexibility index (Phi) is 6.17. The Morgan fingerprint density at radius 2 is 2.40 bits per heavy atom. The molecule has 0 bridgehead atoms. The Morgan fingerprint density at radius 3 is 3.07 bits per heavy atom. The Bertz CT molecular complexity index is 167. The van der Waals surface area contributed by atoms with Gasteiger partial charge in [-0.3, -0.25) is 4.90 Å². The minimum absolute atomic E-state index is 0.331. The summed E-state index contributed by atoms with van der Waals surface area (Å²) in [5, 5.41) is 3.42. The lowest BCUT2D eigenvalue weighted by atomic mass is 10.2. The third kappa shape index (κ3) is 4.93. The van der Waals surface area contributed by atoms with E-state index in [-0.39, 0.29) is 0 Å². The van der Waals surface area contributed by atoms with Crippen molar-refractivity contribution in [3.05, 3.63) is 0 Å². The fourth-order valence-electron chi connectivity index (χ4n) is 1.83. The van der Waals surface area contributed by atoms with Crippen LogP contribution in [-0.4, -0.2) is 63.5 Å². The van der Waals surface area contributed by atoms with Crippen LogP contribution in [0.1, 0.15) is 13.8 Å². The van der Waals surface area contributed by atoms with E-state index in [1.165, 1.54) is 0 Å². The number of nitrogens with zero attached hydrogens (tertiary/aromatic N) is 1. The summed E-state index contributed by atoms with van der Waals surface area (Å²) >= 11 is 0. The fourth-order valence-corrected chi connectivity index (χ4v) is 1.83. The van der Waals surface area contributed by atoms with Crippen molar-refractivity contribution in [2.24, 2.45) is 0 Å². The Balaban J connectivity index is 2.14. The molecule has 0 spiro atoms. The zero-order valence-corrected chi connectivity index (χ0v) is 10.2. The molecule has 0 aromatic carbocycles. The van der Waals surface area contributed by atoms with Crippen LogP contribution in [0.5, 0.6) is 0 Å². The highest BCUT2D eigenvalue weighted by Crippen LogP contribution is 2.03. The normalized spacial score (nSPS) is 25.4. The monoisotopic (exact) mass is 216 g/mol. The molecule has 15 heavy (non-hydrogen) atoms. The first kappa shape index (κ1) is 12.9. The molecular weight excluding hydrogens is 192 g/mol. The molecule has 1 rings (SSSR count). The molecule has 0 radical (unpaired) electrons. The minimum atomic E-state index is 0.331. The zero-order chi connectivity index (χ0) is 11.1. The maximum atomic E-state index is 5.69. The minimum Gasteiger partial charge on any atom is -0.383 e. The van der Waals surface area contributed by atoms with Crippen molar-refractivity contribution < 1.29 is 9.47 Å². The van der Waals surface area contributed by atoms with Crippen LogP contribution in [0.2, 0.25) is 0 Å². The van der Waals surface area contributed by atoms with Gasteiger partial charge in [0.1, 0.15) is 0 Å². The molecular formula is C11H24N2O2. The summed E-state index contributed by atoms with van der Waals surface area (Å²) < 4.78 is 10.8. The molecule has 4 heteroatoms. The smallest absolute Gasteiger partial charge is 0.0826 e. The molecule has 1 heterocycles. The van der Waals surface area contributed by atoms with Gasteiger partial charge >= 0.3 is 0 Å². The largest absolute Gasteiger partial charge is 0.383 e. The lowest BCUT2D eigenvalue weighted by Gasteiger charge is -2.32. The maximum absolute atomic E-state index is 5.69. The van der Waals surface area contributed by atoms with Crippen LogP contribution in [0.15, 0.2) is 0 Å². The number of morpholine rings is 1.